The molecule has 2 atom stereocenters. The van der Waals surface area contributed by atoms with Crippen molar-refractivity contribution in [3.05, 3.63) is 12.4 Å². The number of halogens is 3. The normalized spacial score (nSPS) is 25.9. The van der Waals surface area contributed by atoms with E-state index in [4.69, 9.17) is 0 Å². The Morgan fingerprint density at radius 3 is 2.79 bits per heavy atom. The summed E-state index contributed by atoms with van der Waals surface area (Å²) < 4.78 is 37.4. The quantitative estimate of drug-likeness (QED) is 0.911. The van der Waals surface area contributed by atoms with Crippen LogP contribution in [0.2, 0.25) is 0 Å². The molecule has 0 radical (unpaired) electrons. The van der Waals surface area contributed by atoms with Crippen LogP contribution < -0.4 is 10.2 Å². The zero-order valence-electron chi connectivity index (χ0n) is 13.9. The number of aromatic nitrogens is 2. The first-order valence-electron chi connectivity index (χ1n) is 8.52. The predicted molar refractivity (Wildman–Crippen MR) is 87.2 cm³/mol. The Bertz CT molecular complexity index is 551. The van der Waals surface area contributed by atoms with E-state index in [0.29, 0.717) is 31.2 Å². The van der Waals surface area contributed by atoms with E-state index in [9.17, 15) is 13.2 Å². The molecule has 2 aliphatic rings. The fourth-order valence-electron chi connectivity index (χ4n) is 3.55. The van der Waals surface area contributed by atoms with Gasteiger partial charge >= 0.3 is 6.18 Å². The molecule has 0 bridgehead atoms. The van der Waals surface area contributed by atoms with E-state index in [1.54, 1.807) is 0 Å². The van der Waals surface area contributed by atoms with Crippen LogP contribution in [0.25, 0.3) is 0 Å². The van der Waals surface area contributed by atoms with Crippen LogP contribution in [0, 0.1) is 5.92 Å². The second-order valence-electron chi connectivity index (χ2n) is 6.94. The third-order valence-electron chi connectivity index (χ3n) is 4.66. The van der Waals surface area contributed by atoms with Crippen LogP contribution in [-0.4, -0.2) is 59.8 Å². The lowest BCUT2D eigenvalue weighted by atomic mass is 10.0. The van der Waals surface area contributed by atoms with E-state index < -0.39 is 12.7 Å². The minimum atomic E-state index is -4.14. The fourth-order valence-corrected chi connectivity index (χ4v) is 3.55. The molecule has 1 aromatic heterocycles. The standard InChI is InChI=1S/C16H24F3N5/c1-12-3-2-5-24(8-12)15-7-14(20-11-21-15)22-13-4-6-23(9-13)10-16(17,18)19/h7,11-13H,2-6,8-10H2,1H3,(H,20,21,22). The lowest BCUT2D eigenvalue weighted by molar-refractivity contribution is -0.143. The van der Waals surface area contributed by atoms with Crippen molar-refractivity contribution in [1.29, 1.82) is 0 Å². The molecular formula is C16H24F3N5. The summed E-state index contributed by atoms with van der Waals surface area (Å²) >= 11 is 0. The Hall–Kier alpha value is -1.57. The number of anilines is 2. The van der Waals surface area contributed by atoms with Crippen molar-refractivity contribution >= 4 is 11.6 Å². The number of likely N-dealkylation sites (tertiary alicyclic amines) is 1. The second-order valence-corrected chi connectivity index (χ2v) is 6.94. The van der Waals surface area contributed by atoms with Crippen LogP contribution in [0.1, 0.15) is 26.2 Å². The molecule has 3 rings (SSSR count). The number of piperidine rings is 1. The van der Waals surface area contributed by atoms with Crippen molar-refractivity contribution < 1.29 is 13.2 Å². The van der Waals surface area contributed by atoms with Crippen LogP contribution in [0.15, 0.2) is 12.4 Å². The largest absolute Gasteiger partial charge is 0.401 e. The van der Waals surface area contributed by atoms with Crippen LogP contribution >= 0.6 is 0 Å². The van der Waals surface area contributed by atoms with Crippen molar-refractivity contribution in [1.82, 2.24) is 14.9 Å². The average Bonchev–Trinajstić information content (AvgIpc) is 2.92. The number of hydrogen-bond acceptors (Lipinski definition) is 5. The summed E-state index contributed by atoms with van der Waals surface area (Å²) in [5.41, 5.74) is 0. The first-order chi connectivity index (χ1) is 11.4. The van der Waals surface area contributed by atoms with Crippen LogP contribution in [0.4, 0.5) is 24.8 Å². The summed E-state index contributed by atoms with van der Waals surface area (Å²) in [5.74, 6) is 2.23. The predicted octanol–water partition coefficient (Wildman–Crippen LogP) is 2.76. The molecule has 2 aliphatic heterocycles. The molecule has 5 nitrogen and oxygen atoms in total. The summed E-state index contributed by atoms with van der Waals surface area (Å²) in [6.45, 7) is 4.22. The summed E-state index contributed by atoms with van der Waals surface area (Å²) in [6, 6.07) is 1.90. The highest BCUT2D eigenvalue weighted by Gasteiger charge is 2.34. The average molecular weight is 343 g/mol. The molecule has 0 amide bonds. The van der Waals surface area contributed by atoms with Crippen LogP contribution in [0.3, 0.4) is 0 Å². The zero-order valence-corrected chi connectivity index (χ0v) is 13.9. The van der Waals surface area contributed by atoms with Gasteiger partial charge in [0.1, 0.15) is 18.0 Å². The Morgan fingerprint density at radius 2 is 2.04 bits per heavy atom. The Balaban J connectivity index is 1.57. The molecule has 0 aromatic carbocycles. The number of nitrogens with one attached hydrogen (secondary N) is 1. The Kier molecular flexibility index (Phi) is 5.12. The highest BCUT2D eigenvalue weighted by atomic mass is 19.4. The molecule has 0 saturated carbocycles. The first kappa shape index (κ1) is 17.3. The molecule has 2 unspecified atom stereocenters. The van der Waals surface area contributed by atoms with Gasteiger partial charge in [-0.25, -0.2) is 9.97 Å². The minimum absolute atomic E-state index is 0.00428. The van der Waals surface area contributed by atoms with E-state index in [1.165, 1.54) is 17.6 Å². The fraction of sp³-hybridized carbons (Fsp3) is 0.750. The second kappa shape index (κ2) is 7.13. The lowest BCUT2D eigenvalue weighted by Crippen LogP contribution is -2.35. The molecule has 0 aliphatic carbocycles. The highest BCUT2D eigenvalue weighted by molar-refractivity contribution is 5.49. The van der Waals surface area contributed by atoms with Gasteiger partial charge in [-0.15, -0.1) is 0 Å². The molecule has 2 fully saturated rings. The Morgan fingerprint density at radius 1 is 1.21 bits per heavy atom. The van der Waals surface area contributed by atoms with Gasteiger partial charge in [0, 0.05) is 38.3 Å². The number of nitrogens with zero attached hydrogens (tertiary/aromatic N) is 4. The van der Waals surface area contributed by atoms with Gasteiger partial charge in [-0.1, -0.05) is 6.92 Å². The molecule has 134 valence electrons. The number of rotatable bonds is 4. The van der Waals surface area contributed by atoms with E-state index >= 15 is 0 Å². The summed E-state index contributed by atoms with van der Waals surface area (Å²) in [5, 5.41) is 3.26. The molecule has 1 N–H and O–H groups in total. The number of alkyl halides is 3. The molecule has 1 aromatic rings. The van der Waals surface area contributed by atoms with Crippen molar-refractivity contribution in [2.24, 2.45) is 5.92 Å². The minimum Gasteiger partial charge on any atom is -0.366 e. The van der Waals surface area contributed by atoms with Gasteiger partial charge in [0.25, 0.3) is 0 Å². The van der Waals surface area contributed by atoms with Crippen molar-refractivity contribution in [2.75, 3.05) is 42.9 Å². The van der Waals surface area contributed by atoms with Crippen molar-refractivity contribution in [3.8, 4) is 0 Å². The van der Waals surface area contributed by atoms with Crippen molar-refractivity contribution in [2.45, 2.75) is 38.4 Å². The molecule has 8 heteroatoms. The zero-order chi connectivity index (χ0) is 17.2. The van der Waals surface area contributed by atoms with E-state index in [0.717, 1.165) is 25.3 Å². The lowest BCUT2D eigenvalue weighted by Gasteiger charge is -2.32. The van der Waals surface area contributed by atoms with Gasteiger partial charge in [-0.05, 0) is 25.2 Å². The van der Waals surface area contributed by atoms with E-state index in [-0.39, 0.29) is 6.04 Å². The van der Waals surface area contributed by atoms with Gasteiger partial charge in [0.2, 0.25) is 0 Å². The molecular weight excluding hydrogens is 319 g/mol. The first-order valence-corrected chi connectivity index (χ1v) is 8.52. The van der Waals surface area contributed by atoms with Crippen LogP contribution in [0.5, 0.6) is 0 Å². The Labute approximate surface area is 140 Å². The monoisotopic (exact) mass is 343 g/mol. The summed E-state index contributed by atoms with van der Waals surface area (Å²) in [7, 11) is 0. The molecule has 24 heavy (non-hydrogen) atoms. The third kappa shape index (κ3) is 4.72. The highest BCUT2D eigenvalue weighted by Crippen LogP contribution is 2.24. The van der Waals surface area contributed by atoms with E-state index in [1.807, 2.05) is 6.07 Å². The molecule has 3 heterocycles. The maximum Gasteiger partial charge on any atom is 0.401 e. The van der Waals surface area contributed by atoms with Gasteiger partial charge in [0.15, 0.2) is 0 Å². The maximum absolute atomic E-state index is 12.5. The maximum atomic E-state index is 12.5. The summed E-state index contributed by atoms with van der Waals surface area (Å²) in [6.07, 6.45) is 0.476. The SMILES string of the molecule is CC1CCCN(c2cc(NC3CCN(CC(F)(F)F)C3)ncn2)C1. The van der Waals surface area contributed by atoms with Gasteiger partial charge < -0.3 is 10.2 Å². The van der Waals surface area contributed by atoms with Crippen LogP contribution in [-0.2, 0) is 0 Å². The molecule has 2 saturated heterocycles. The van der Waals surface area contributed by atoms with Gasteiger partial charge in [-0.2, -0.15) is 13.2 Å². The van der Waals surface area contributed by atoms with Gasteiger partial charge in [-0.3, -0.25) is 4.90 Å². The van der Waals surface area contributed by atoms with Crippen molar-refractivity contribution in [3.63, 3.8) is 0 Å². The topological polar surface area (TPSA) is 44.3 Å². The smallest absolute Gasteiger partial charge is 0.366 e. The molecule has 0 spiro atoms. The van der Waals surface area contributed by atoms with Gasteiger partial charge in [0.05, 0.1) is 6.54 Å². The van der Waals surface area contributed by atoms with E-state index in [2.05, 4.69) is 27.1 Å². The third-order valence-corrected chi connectivity index (χ3v) is 4.66. The summed E-state index contributed by atoms with van der Waals surface area (Å²) in [4.78, 5) is 12.3. The number of hydrogen-bond donors (Lipinski definition) is 1.